The molecule has 2 aromatic carbocycles. The third-order valence-electron chi connectivity index (χ3n) is 5.15. The monoisotopic (exact) mass is 453 g/mol. The molecule has 0 N–H and O–H groups in total. The molecule has 1 amide bonds. The molecule has 1 aliphatic rings. The third-order valence-corrected chi connectivity index (χ3v) is 7.01. The summed E-state index contributed by atoms with van der Waals surface area (Å²) in [7, 11) is -3.61. The average Bonchev–Trinajstić information content (AvgIpc) is 3.14. The van der Waals surface area contributed by atoms with Crippen molar-refractivity contribution in [2.75, 3.05) is 18.8 Å². The SMILES string of the molecule is C=CC(=O)N1CC(CS(=O)(=O)c2ccccc2)C(OCc2ccc(C(F)(F)F)cc2)C1. The van der Waals surface area contributed by atoms with Gasteiger partial charge >= 0.3 is 6.18 Å². The lowest BCUT2D eigenvalue weighted by Gasteiger charge is -2.19. The molecule has 2 unspecified atom stereocenters. The Labute approximate surface area is 179 Å². The number of carbonyl (C=O) groups excluding carboxylic acids is 1. The van der Waals surface area contributed by atoms with E-state index in [1.807, 2.05) is 0 Å². The summed E-state index contributed by atoms with van der Waals surface area (Å²) in [5, 5.41) is 0. The second kappa shape index (κ2) is 9.23. The largest absolute Gasteiger partial charge is 0.416 e. The first-order chi connectivity index (χ1) is 14.6. The molecule has 0 saturated carbocycles. The zero-order valence-corrected chi connectivity index (χ0v) is 17.4. The van der Waals surface area contributed by atoms with Gasteiger partial charge in [0.2, 0.25) is 5.91 Å². The van der Waals surface area contributed by atoms with Crippen LogP contribution in [0.5, 0.6) is 0 Å². The summed E-state index contributed by atoms with van der Waals surface area (Å²) >= 11 is 0. The Morgan fingerprint density at radius 3 is 2.32 bits per heavy atom. The molecule has 5 nitrogen and oxygen atoms in total. The Morgan fingerprint density at radius 1 is 1.10 bits per heavy atom. The maximum absolute atomic E-state index is 12.8. The minimum absolute atomic E-state index is 0.000802. The van der Waals surface area contributed by atoms with E-state index in [4.69, 9.17) is 4.74 Å². The molecule has 1 aliphatic heterocycles. The Kier molecular flexibility index (Phi) is 6.86. The molecular weight excluding hydrogens is 431 g/mol. The van der Waals surface area contributed by atoms with Crippen molar-refractivity contribution >= 4 is 15.7 Å². The summed E-state index contributed by atoms with van der Waals surface area (Å²) in [5.74, 6) is -1.03. The van der Waals surface area contributed by atoms with Crippen LogP contribution in [0.3, 0.4) is 0 Å². The smallest absolute Gasteiger partial charge is 0.371 e. The van der Waals surface area contributed by atoms with Gasteiger partial charge in [-0.05, 0) is 35.9 Å². The quantitative estimate of drug-likeness (QED) is 0.600. The van der Waals surface area contributed by atoms with Crippen molar-refractivity contribution in [3.05, 3.63) is 78.4 Å². The Bertz CT molecular complexity index is 1020. The highest BCUT2D eigenvalue weighted by Gasteiger charge is 2.38. The minimum Gasteiger partial charge on any atom is -0.371 e. The van der Waals surface area contributed by atoms with Crippen molar-refractivity contribution in [1.29, 1.82) is 0 Å². The summed E-state index contributed by atoms with van der Waals surface area (Å²) in [4.78, 5) is 13.7. The topological polar surface area (TPSA) is 63.7 Å². The van der Waals surface area contributed by atoms with E-state index in [0.717, 1.165) is 18.2 Å². The fraction of sp³-hybridized carbons (Fsp3) is 0.318. The second-order valence-corrected chi connectivity index (χ2v) is 9.38. The van der Waals surface area contributed by atoms with Gasteiger partial charge in [-0.25, -0.2) is 8.42 Å². The number of nitrogens with zero attached hydrogens (tertiary/aromatic N) is 1. The molecule has 0 bridgehead atoms. The zero-order chi connectivity index (χ0) is 22.6. The number of hydrogen-bond donors (Lipinski definition) is 0. The van der Waals surface area contributed by atoms with Gasteiger partial charge in [0.15, 0.2) is 9.84 Å². The normalized spacial score (nSPS) is 19.4. The van der Waals surface area contributed by atoms with Gasteiger partial charge in [-0.3, -0.25) is 4.79 Å². The number of hydrogen-bond acceptors (Lipinski definition) is 4. The van der Waals surface area contributed by atoms with E-state index in [1.54, 1.807) is 18.2 Å². The van der Waals surface area contributed by atoms with Gasteiger partial charge < -0.3 is 9.64 Å². The molecule has 1 heterocycles. The van der Waals surface area contributed by atoms with Gasteiger partial charge in [-0.2, -0.15) is 13.2 Å². The van der Waals surface area contributed by atoms with Gasteiger partial charge in [0, 0.05) is 19.0 Å². The third kappa shape index (κ3) is 5.74. The Balaban J connectivity index is 1.72. The van der Waals surface area contributed by atoms with Gasteiger partial charge in [0.1, 0.15) is 0 Å². The van der Waals surface area contributed by atoms with Crippen molar-refractivity contribution in [3.8, 4) is 0 Å². The second-order valence-electron chi connectivity index (χ2n) is 7.35. The molecule has 0 aromatic heterocycles. The van der Waals surface area contributed by atoms with E-state index in [-0.39, 0.29) is 36.3 Å². The first-order valence-electron chi connectivity index (χ1n) is 9.57. The van der Waals surface area contributed by atoms with Crippen molar-refractivity contribution in [2.24, 2.45) is 5.92 Å². The zero-order valence-electron chi connectivity index (χ0n) is 16.6. The van der Waals surface area contributed by atoms with E-state index in [2.05, 4.69) is 6.58 Å². The van der Waals surface area contributed by atoms with Gasteiger partial charge in [-0.15, -0.1) is 0 Å². The van der Waals surface area contributed by atoms with Crippen LogP contribution in [-0.4, -0.2) is 44.2 Å². The molecule has 3 rings (SSSR count). The summed E-state index contributed by atoms with van der Waals surface area (Å²) in [6.45, 7) is 3.83. The number of carbonyl (C=O) groups is 1. The Hall–Kier alpha value is -2.65. The molecule has 1 fully saturated rings. The number of benzene rings is 2. The van der Waals surface area contributed by atoms with Crippen molar-refractivity contribution in [1.82, 2.24) is 4.90 Å². The summed E-state index contributed by atoms with van der Waals surface area (Å²) in [6.07, 6.45) is -3.85. The highest BCUT2D eigenvalue weighted by atomic mass is 32.2. The predicted octanol–water partition coefficient (Wildman–Crippen LogP) is 3.71. The van der Waals surface area contributed by atoms with E-state index in [1.165, 1.54) is 29.2 Å². The summed E-state index contributed by atoms with van der Waals surface area (Å²) in [6, 6.07) is 12.6. The number of rotatable bonds is 7. The van der Waals surface area contributed by atoms with E-state index in [0.29, 0.717) is 5.56 Å². The van der Waals surface area contributed by atoms with Crippen molar-refractivity contribution in [3.63, 3.8) is 0 Å². The predicted molar refractivity (Wildman–Crippen MR) is 109 cm³/mol. The molecule has 166 valence electrons. The van der Waals surface area contributed by atoms with Gasteiger partial charge in [-0.1, -0.05) is 36.9 Å². The molecular formula is C22H22F3NO4S. The maximum Gasteiger partial charge on any atom is 0.416 e. The number of amides is 1. The number of halogens is 3. The fourth-order valence-corrected chi connectivity index (χ4v) is 5.15. The van der Waals surface area contributed by atoms with Crippen molar-refractivity contribution < 1.29 is 31.1 Å². The molecule has 31 heavy (non-hydrogen) atoms. The van der Waals surface area contributed by atoms with E-state index in [9.17, 15) is 26.4 Å². The van der Waals surface area contributed by atoms with Crippen LogP contribution < -0.4 is 0 Å². The van der Waals surface area contributed by atoms with Crippen LogP contribution in [0.4, 0.5) is 13.2 Å². The average molecular weight is 453 g/mol. The lowest BCUT2D eigenvalue weighted by Crippen LogP contribution is -2.29. The fourth-order valence-electron chi connectivity index (χ4n) is 3.50. The summed E-state index contributed by atoms with van der Waals surface area (Å²) < 4.78 is 69.6. The van der Waals surface area contributed by atoms with Gasteiger partial charge in [0.25, 0.3) is 0 Å². The minimum atomic E-state index is -4.42. The summed E-state index contributed by atoms with van der Waals surface area (Å²) in [5.41, 5.74) is -0.238. The van der Waals surface area contributed by atoms with Crippen LogP contribution in [0.25, 0.3) is 0 Å². The number of alkyl halides is 3. The lowest BCUT2D eigenvalue weighted by molar-refractivity contribution is -0.137. The van der Waals surface area contributed by atoms with Crippen LogP contribution in [0, 0.1) is 5.92 Å². The van der Waals surface area contributed by atoms with Crippen LogP contribution in [0.2, 0.25) is 0 Å². The first-order valence-corrected chi connectivity index (χ1v) is 11.2. The molecule has 0 radical (unpaired) electrons. The molecule has 2 atom stereocenters. The van der Waals surface area contributed by atoms with Gasteiger partial charge in [0.05, 0.1) is 28.9 Å². The molecule has 0 spiro atoms. The lowest BCUT2D eigenvalue weighted by atomic mass is 10.1. The van der Waals surface area contributed by atoms with Crippen LogP contribution in [0.1, 0.15) is 11.1 Å². The van der Waals surface area contributed by atoms with Crippen LogP contribution >= 0.6 is 0 Å². The molecule has 2 aromatic rings. The Morgan fingerprint density at radius 2 is 1.74 bits per heavy atom. The van der Waals surface area contributed by atoms with Crippen LogP contribution in [0.15, 0.2) is 72.1 Å². The van der Waals surface area contributed by atoms with Crippen molar-refractivity contribution in [2.45, 2.75) is 23.8 Å². The number of likely N-dealkylation sites (tertiary alicyclic amines) is 1. The standard InChI is InChI=1S/C22H22F3NO4S/c1-2-21(27)26-12-17(15-31(28,29)19-6-4-3-5-7-19)20(13-26)30-14-16-8-10-18(11-9-16)22(23,24)25/h2-11,17,20H,1,12-15H2. The number of sulfone groups is 1. The molecule has 9 heteroatoms. The highest BCUT2D eigenvalue weighted by molar-refractivity contribution is 7.91. The number of ether oxygens (including phenoxy) is 1. The first kappa shape index (κ1) is 23.0. The molecule has 1 saturated heterocycles. The van der Waals surface area contributed by atoms with Crippen LogP contribution in [-0.2, 0) is 32.2 Å². The van der Waals surface area contributed by atoms with E-state index >= 15 is 0 Å². The van der Waals surface area contributed by atoms with E-state index < -0.39 is 33.6 Å². The maximum atomic E-state index is 12.8. The molecule has 0 aliphatic carbocycles. The highest BCUT2D eigenvalue weighted by Crippen LogP contribution is 2.30.